The Labute approximate surface area is 105 Å². The number of allylic oxidation sites excluding steroid dienone is 2. The molecule has 0 aromatic carbocycles. The monoisotopic (exact) mass is 236 g/mol. The van der Waals surface area contributed by atoms with Crippen LogP contribution in [0.4, 0.5) is 4.79 Å². The van der Waals surface area contributed by atoms with E-state index in [0.717, 1.165) is 0 Å². The normalized spacial score (nSPS) is 16.9. The molecule has 0 saturated heterocycles. The van der Waals surface area contributed by atoms with Gasteiger partial charge in [-0.3, -0.25) is 0 Å². The van der Waals surface area contributed by atoms with Crippen LogP contribution >= 0.6 is 0 Å². The molecule has 1 unspecified atom stereocenters. The average molecular weight is 236 g/mol. The molecule has 1 aliphatic rings. The van der Waals surface area contributed by atoms with Crippen LogP contribution in [0.2, 0.25) is 0 Å². The maximum Gasteiger partial charge on any atom is 0.318 e. The Hall–Kier alpha value is -1.25. The molecule has 3 heteroatoms. The molecule has 3 nitrogen and oxygen atoms in total. The first kappa shape index (κ1) is 13.8. The fourth-order valence-electron chi connectivity index (χ4n) is 2.21. The standard InChI is InChI=1S/C14H24N2O/c1-10(2)16(11(3)4)14(17)15-12(5)13-8-6-7-9-13/h6-13H,1-5H3,(H,15,17). The lowest BCUT2D eigenvalue weighted by Gasteiger charge is -2.32. The van der Waals surface area contributed by atoms with E-state index in [2.05, 4.69) is 17.5 Å². The number of carbonyl (C=O) groups is 1. The molecule has 0 aromatic rings. The minimum Gasteiger partial charge on any atom is -0.335 e. The largest absolute Gasteiger partial charge is 0.335 e. The summed E-state index contributed by atoms with van der Waals surface area (Å²) in [4.78, 5) is 14.0. The summed E-state index contributed by atoms with van der Waals surface area (Å²) in [6, 6.07) is 0.599. The third-order valence-corrected chi connectivity index (χ3v) is 3.05. The highest BCUT2D eigenvalue weighted by molar-refractivity contribution is 5.75. The molecule has 0 aliphatic heterocycles. The molecule has 1 N–H and O–H groups in total. The molecule has 17 heavy (non-hydrogen) atoms. The van der Waals surface area contributed by atoms with Gasteiger partial charge in [0.05, 0.1) is 0 Å². The minimum atomic E-state index is 0.0243. The maximum atomic E-state index is 12.2. The Morgan fingerprint density at radius 2 is 1.53 bits per heavy atom. The van der Waals surface area contributed by atoms with Crippen molar-refractivity contribution in [3.05, 3.63) is 24.3 Å². The smallest absolute Gasteiger partial charge is 0.318 e. The van der Waals surface area contributed by atoms with Crippen LogP contribution in [0, 0.1) is 5.92 Å². The Kier molecular flexibility index (Phi) is 4.79. The van der Waals surface area contributed by atoms with Crippen molar-refractivity contribution in [1.82, 2.24) is 10.2 Å². The molecular formula is C14H24N2O. The molecule has 0 fully saturated rings. The van der Waals surface area contributed by atoms with Crippen molar-refractivity contribution in [1.29, 1.82) is 0 Å². The Bertz CT molecular complexity index is 298. The predicted molar refractivity (Wildman–Crippen MR) is 71.9 cm³/mol. The van der Waals surface area contributed by atoms with Gasteiger partial charge >= 0.3 is 6.03 Å². The van der Waals surface area contributed by atoms with Gasteiger partial charge in [-0.1, -0.05) is 24.3 Å². The van der Waals surface area contributed by atoms with Crippen molar-refractivity contribution in [2.24, 2.45) is 5.92 Å². The van der Waals surface area contributed by atoms with Gasteiger partial charge in [0.25, 0.3) is 0 Å². The molecule has 2 amide bonds. The molecule has 0 aromatic heterocycles. The summed E-state index contributed by atoms with van der Waals surface area (Å²) in [6.07, 6.45) is 8.27. The lowest BCUT2D eigenvalue weighted by atomic mass is 10.0. The summed E-state index contributed by atoms with van der Waals surface area (Å²) < 4.78 is 0. The number of urea groups is 1. The number of nitrogens with one attached hydrogen (secondary N) is 1. The van der Waals surface area contributed by atoms with E-state index in [1.54, 1.807) is 0 Å². The van der Waals surface area contributed by atoms with Crippen LogP contribution < -0.4 is 5.32 Å². The molecule has 0 radical (unpaired) electrons. The van der Waals surface area contributed by atoms with Gasteiger partial charge < -0.3 is 10.2 Å². The molecular weight excluding hydrogens is 212 g/mol. The first-order valence-corrected chi connectivity index (χ1v) is 6.37. The van der Waals surface area contributed by atoms with Gasteiger partial charge in [0.1, 0.15) is 0 Å². The highest BCUT2D eigenvalue weighted by Gasteiger charge is 2.23. The summed E-state index contributed by atoms with van der Waals surface area (Å²) in [5, 5.41) is 3.07. The molecule has 1 rings (SSSR count). The zero-order valence-corrected chi connectivity index (χ0v) is 11.5. The average Bonchev–Trinajstić information content (AvgIpc) is 2.68. The Morgan fingerprint density at radius 1 is 1.06 bits per heavy atom. The summed E-state index contributed by atoms with van der Waals surface area (Å²) >= 11 is 0. The molecule has 0 spiro atoms. The van der Waals surface area contributed by atoms with Gasteiger partial charge in [-0.15, -0.1) is 0 Å². The van der Waals surface area contributed by atoms with Gasteiger partial charge in [0, 0.05) is 24.0 Å². The zero-order valence-electron chi connectivity index (χ0n) is 11.5. The van der Waals surface area contributed by atoms with E-state index in [0.29, 0.717) is 5.92 Å². The quantitative estimate of drug-likeness (QED) is 0.799. The fourth-order valence-corrected chi connectivity index (χ4v) is 2.21. The molecule has 0 saturated carbocycles. The van der Waals surface area contributed by atoms with E-state index in [4.69, 9.17) is 0 Å². The molecule has 1 atom stereocenters. The van der Waals surface area contributed by atoms with E-state index in [1.807, 2.05) is 51.7 Å². The van der Waals surface area contributed by atoms with Gasteiger partial charge in [-0.2, -0.15) is 0 Å². The Morgan fingerprint density at radius 3 is 1.94 bits per heavy atom. The number of carbonyl (C=O) groups excluding carboxylic acids is 1. The topological polar surface area (TPSA) is 32.3 Å². The van der Waals surface area contributed by atoms with Crippen molar-refractivity contribution in [2.75, 3.05) is 0 Å². The third-order valence-electron chi connectivity index (χ3n) is 3.05. The highest BCUT2D eigenvalue weighted by atomic mass is 16.2. The molecule has 1 aliphatic carbocycles. The van der Waals surface area contributed by atoms with Crippen LogP contribution in [-0.2, 0) is 0 Å². The van der Waals surface area contributed by atoms with Gasteiger partial charge in [0.15, 0.2) is 0 Å². The van der Waals surface area contributed by atoms with Crippen molar-refractivity contribution >= 4 is 6.03 Å². The van der Waals surface area contributed by atoms with Crippen LogP contribution in [-0.4, -0.2) is 29.1 Å². The predicted octanol–water partition coefficient (Wildman–Crippen LogP) is 2.95. The van der Waals surface area contributed by atoms with Crippen molar-refractivity contribution < 1.29 is 4.79 Å². The van der Waals surface area contributed by atoms with Crippen molar-refractivity contribution in [3.63, 3.8) is 0 Å². The van der Waals surface area contributed by atoms with Crippen molar-refractivity contribution in [3.8, 4) is 0 Å². The number of amides is 2. The minimum absolute atomic E-state index is 0.0243. The second-order valence-corrected chi connectivity index (χ2v) is 5.18. The maximum absolute atomic E-state index is 12.2. The van der Waals surface area contributed by atoms with Gasteiger partial charge in [0.2, 0.25) is 0 Å². The highest BCUT2D eigenvalue weighted by Crippen LogP contribution is 2.14. The van der Waals surface area contributed by atoms with E-state index in [1.165, 1.54) is 0 Å². The van der Waals surface area contributed by atoms with Crippen LogP contribution in [0.5, 0.6) is 0 Å². The van der Waals surface area contributed by atoms with Gasteiger partial charge in [-0.05, 0) is 34.6 Å². The summed E-state index contributed by atoms with van der Waals surface area (Å²) in [5.74, 6) is 0.320. The Balaban J connectivity index is 2.57. The van der Waals surface area contributed by atoms with Crippen molar-refractivity contribution in [2.45, 2.75) is 52.7 Å². The second-order valence-electron chi connectivity index (χ2n) is 5.18. The number of rotatable bonds is 4. The van der Waals surface area contributed by atoms with Crippen LogP contribution in [0.25, 0.3) is 0 Å². The third kappa shape index (κ3) is 3.62. The van der Waals surface area contributed by atoms with Crippen LogP contribution in [0.15, 0.2) is 24.3 Å². The van der Waals surface area contributed by atoms with E-state index in [-0.39, 0.29) is 24.2 Å². The number of nitrogens with zero attached hydrogens (tertiary/aromatic N) is 1. The summed E-state index contributed by atoms with van der Waals surface area (Å²) in [5.41, 5.74) is 0. The molecule has 0 bridgehead atoms. The molecule has 96 valence electrons. The summed E-state index contributed by atoms with van der Waals surface area (Å²) in [6.45, 7) is 10.2. The van der Waals surface area contributed by atoms with Gasteiger partial charge in [-0.25, -0.2) is 4.79 Å². The fraction of sp³-hybridized carbons (Fsp3) is 0.643. The van der Waals surface area contributed by atoms with E-state index >= 15 is 0 Å². The first-order chi connectivity index (χ1) is 7.93. The SMILES string of the molecule is CC(NC(=O)N(C(C)C)C(C)C)C1C=CC=C1. The van der Waals surface area contributed by atoms with E-state index < -0.39 is 0 Å². The second kappa shape index (κ2) is 5.89. The number of hydrogen-bond acceptors (Lipinski definition) is 1. The summed E-state index contributed by atoms with van der Waals surface area (Å²) in [7, 11) is 0. The number of hydrogen-bond donors (Lipinski definition) is 1. The van der Waals surface area contributed by atoms with E-state index in [9.17, 15) is 4.79 Å². The lowest BCUT2D eigenvalue weighted by Crippen LogP contribution is -2.51. The lowest BCUT2D eigenvalue weighted by molar-refractivity contribution is 0.161. The molecule has 0 heterocycles. The van der Waals surface area contributed by atoms with Crippen LogP contribution in [0.3, 0.4) is 0 Å². The van der Waals surface area contributed by atoms with Crippen LogP contribution in [0.1, 0.15) is 34.6 Å². The zero-order chi connectivity index (χ0) is 13.0. The first-order valence-electron chi connectivity index (χ1n) is 6.37.